The highest BCUT2D eigenvalue weighted by molar-refractivity contribution is 6.07. The van der Waals surface area contributed by atoms with Gasteiger partial charge in [-0.25, -0.2) is 19.6 Å². The topological polar surface area (TPSA) is 164 Å². The van der Waals surface area contributed by atoms with Crippen LogP contribution in [-0.2, 0) is 25.6 Å². The van der Waals surface area contributed by atoms with Crippen LogP contribution in [0.2, 0.25) is 0 Å². The Morgan fingerprint density at radius 2 is 1.81 bits per heavy atom. The first-order valence-corrected chi connectivity index (χ1v) is 20.2. The molecule has 1 saturated carbocycles. The molecule has 3 fully saturated rings. The zero-order valence-electron chi connectivity index (χ0n) is 34.0. The zero-order valence-corrected chi connectivity index (χ0v) is 34.0. The van der Waals surface area contributed by atoms with Crippen molar-refractivity contribution in [2.24, 2.45) is 17.8 Å². The maximum absolute atomic E-state index is 13.9. The lowest BCUT2D eigenvalue weighted by molar-refractivity contribution is -0.135. The predicted octanol–water partition coefficient (Wildman–Crippen LogP) is 7.65. The van der Waals surface area contributed by atoms with E-state index in [2.05, 4.69) is 51.7 Å². The molecule has 3 aliphatic heterocycles. The maximum atomic E-state index is 13.9. The Balaban J connectivity index is 0.975. The predicted molar refractivity (Wildman–Crippen MR) is 217 cm³/mol. The highest BCUT2D eigenvalue weighted by Gasteiger charge is 2.56. The summed E-state index contributed by atoms with van der Waals surface area (Å²) in [6, 6.07) is 13.8. The summed E-state index contributed by atoms with van der Waals surface area (Å²) >= 11 is 0. The molecular formula is C44H51N7O7. The van der Waals surface area contributed by atoms with Crippen molar-refractivity contribution in [3.63, 3.8) is 0 Å². The Labute approximate surface area is 337 Å². The lowest BCUT2D eigenvalue weighted by Gasteiger charge is -2.30. The summed E-state index contributed by atoms with van der Waals surface area (Å²) in [5, 5.41) is 4.80. The van der Waals surface area contributed by atoms with E-state index in [1.54, 1.807) is 7.11 Å². The van der Waals surface area contributed by atoms with Gasteiger partial charge in [0, 0.05) is 36.6 Å². The van der Waals surface area contributed by atoms with E-state index in [0.29, 0.717) is 37.9 Å². The lowest BCUT2D eigenvalue weighted by atomic mass is 9.92. The van der Waals surface area contributed by atoms with Crippen LogP contribution in [0.25, 0.3) is 44.2 Å². The fraction of sp³-hybridized carbons (Fsp3) is 0.477. The number of piperidine rings is 1. The number of aromatic amines is 2. The van der Waals surface area contributed by atoms with Crippen molar-refractivity contribution in [2.75, 3.05) is 27.4 Å². The van der Waals surface area contributed by atoms with Crippen LogP contribution in [0.1, 0.15) is 83.2 Å². The molecule has 0 spiro atoms. The average molecular weight is 790 g/mol. The molecule has 5 aromatic rings. The standard InChI is InChI=1S/C44H51N7O7/c1-22(2)37(49-42(53)56-7)41(52)50-19-23(20-55-6)12-34(50)39-45-18-32(47-39)25-8-10-28-27(13-25)21-57-36-17-29-24(14-30(28)36)9-11-31-38(29)48-40(46-31)35-16-26-15-33(26)51(35)43(54)58-44(3,4)5/h8-11,13-14,17-18,22-23,26,33-35,37H,12,15-16,19-21H2,1-7H3,(H,45,47)(H,46,48)(H,49,53)/t23-,26-,33+,34?,35-,37-/m0/s1. The van der Waals surface area contributed by atoms with Crippen LogP contribution in [-0.4, -0.2) is 92.9 Å². The van der Waals surface area contributed by atoms with Crippen LogP contribution < -0.4 is 10.1 Å². The van der Waals surface area contributed by atoms with Crippen molar-refractivity contribution >= 4 is 39.9 Å². The molecule has 0 radical (unpaired) electrons. The highest BCUT2D eigenvalue weighted by Crippen LogP contribution is 2.54. The normalized spacial score (nSPS) is 22.7. The SMILES string of the molecule is COC[C@H]1CC(c2ncc(-c3ccc4c(c3)COc3cc5c(ccc6nc([C@@H]7C[C@@H]8C[C@H]8N7C(=O)OC(C)(C)C)[nH]c65)cc3-4)[nH]2)N(C(=O)[C@@H](NC(=O)OC)C(C)C)C1. The molecule has 3 amide bonds. The minimum Gasteiger partial charge on any atom is -0.488 e. The van der Waals surface area contributed by atoms with Gasteiger partial charge in [-0.2, -0.15) is 0 Å². The largest absolute Gasteiger partial charge is 0.488 e. The first-order valence-electron chi connectivity index (χ1n) is 20.2. The number of fused-ring (bicyclic) bond motifs is 7. The number of aromatic nitrogens is 4. The van der Waals surface area contributed by atoms with Crippen molar-refractivity contribution in [2.45, 2.75) is 90.3 Å². The van der Waals surface area contributed by atoms with E-state index in [-0.39, 0.29) is 42.0 Å². The molecule has 304 valence electrons. The number of likely N-dealkylation sites (tertiary alicyclic amines) is 2. The van der Waals surface area contributed by atoms with Gasteiger partial charge in [-0.3, -0.25) is 9.69 Å². The summed E-state index contributed by atoms with van der Waals surface area (Å²) in [5.41, 5.74) is 6.17. The number of hydrogen-bond acceptors (Lipinski definition) is 9. The molecule has 4 aliphatic rings. The molecule has 3 aromatic carbocycles. The third-order valence-electron chi connectivity index (χ3n) is 12.1. The highest BCUT2D eigenvalue weighted by atomic mass is 16.6. The maximum Gasteiger partial charge on any atom is 0.411 e. The summed E-state index contributed by atoms with van der Waals surface area (Å²) in [4.78, 5) is 60.0. The Hall–Kier alpha value is -5.63. The number of H-pyrrole nitrogens is 2. The molecule has 58 heavy (non-hydrogen) atoms. The minimum atomic E-state index is -0.742. The summed E-state index contributed by atoms with van der Waals surface area (Å²) in [7, 11) is 2.95. The van der Waals surface area contributed by atoms with E-state index < -0.39 is 17.7 Å². The Kier molecular flexibility index (Phi) is 9.37. The smallest absolute Gasteiger partial charge is 0.411 e. The van der Waals surface area contributed by atoms with Crippen LogP contribution in [0.15, 0.2) is 48.7 Å². The van der Waals surface area contributed by atoms with Gasteiger partial charge >= 0.3 is 12.2 Å². The third-order valence-corrected chi connectivity index (χ3v) is 12.1. The first kappa shape index (κ1) is 37.9. The van der Waals surface area contributed by atoms with E-state index in [9.17, 15) is 14.4 Å². The summed E-state index contributed by atoms with van der Waals surface area (Å²) in [5.74, 6) is 2.56. The number of nitrogens with one attached hydrogen (secondary N) is 3. The molecular weight excluding hydrogens is 739 g/mol. The van der Waals surface area contributed by atoms with Gasteiger partial charge in [0.25, 0.3) is 0 Å². The van der Waals surface area contributed by atoms with E-state index in [4.69, 9.17) is 28.9 Å². The van der Waals surface area contributed by atoms with Crippen LogP contribution in [0.4, 0.5) is 9.59 Å². The number of benzene rings is 3. The molecule has 0 bridgehead atoms. The van der Waals surface area contributed by atoms with Crippen molar-refractivity contribution in [3.8, 4) is 28.1 Å². The fourth-order valence-electron chi connectivity index (χ4n) is 9.23. The van der Waals surface area contributed by atoms with Crippen LogP contribution in [0.5, 0.6) is 5.75 Å². The van der Waals surface area contributed by atoms with E-state index >= 15 is 0 Å². The zero-order chi connectivity index (χ0) is 40.6. The number of rotatable bonds is 8. The van der Waals surface area contributed by atoms with E-state index in [1.807, 2.05) is 56.7 Å². The quantitative estimate of drug-likeness (QED) is 0.143. The minimum absolute atomic E-state index is 0.120. The van der Waals surface area contributed by atoms with E-state index in [0.717, 1.165) is 74.2 Å². The summed E-state index contributed by atoms with van der Waals surface area (Å²) < 4.78 is 22.5. The number of carbonyl (C=O) groups excluding carboxylic acids is 3. The van der Waals surface area contributed by atoms with Crippen molar-refractivity contribution in [1.29, 1.82) is 0 Å². The second-order valence-electron chi connectivity index (χ2n) is 17.6. The fourth-order valence-corrected chi connectivity index (χ4v) is 9.23. The second-order valence-corrected chi connectivity index (χ2v) is 17.6. The van der Waals surface area contributed by atoms with Gasteiger partial charge in [-0.05, 0) is 98.2 Å². The number of amides is 3. The van der Waals surface area contributed by atoms with Crippen molar-refractivity contribution < 1.29 is 33.3 Å². The van der Waals surface area contributed by atoms with Crippen LogP contribution >= 0.6 is 0 Å². The number of ether oxygens (including phenoxy) is 4. The molecule has 2 aromatic heterocycles. The molecule has 14 heteroatoms. The molecule has 3 N–H and O–H groups in total. The van der Waals surface area contributed by atoms with Crippen molar-refractivity contribution in [1.82, 2.24) is 35.1 Å². The number of carbonyl (C=O) groups is 3. The van der Waals surface area contributed by atoms with E-state index in [1.165, 1.54) is 7.11 Å². The molecule has 9 rings (SSSR count). The number of alkyl carbamates (subject to hydrolysis) is 1. The lowest BCUT2D eigenvalue weighted by Crippen LogP contribution is -2.51. The molecule has 5 heterocycles. The van der Waals surface area contributed by atoms with Crippen molar-refractivity contribution in [3.05, 3.63) is 65.9 Å². The van der Waals surface area contributed by atoms with Gasteiger partial charge < -0.3 is 39.1 Å². The third kappa shape index (κ3) is 6.80. The summed E-state index contributed by atoms with van der Waals surface area (Å²) in [6.07, 6.45) is 3.46. The average Bonchev–Trinajstić information content (AvgIpc) is 3.66. The molecule has 2 saturated heterocycles. The number of nitrogens with zero attached hydrogens (tertiary/aromatic N) is 4. The number of hydrogen-bond donors (Lipinski definition) is 3. The Bertz CT molecular complexity index is 2430. The number of methoxy groups -OCH3 is 2. The Morgan fingerprint density at radius 1 is 0.983 bits per heavy atom. The van der Waals surface area contributed by atoms with Gasteiger partial charge in [-0.1, -0.05) is 32.0 Å². The monoisotopic (exact) mass is 789 g/mol. The van der Waals surface area contributed by atoms with Gasteiger partial charge in [0.05, 0.1) is 48.7 Å². The number of imidazole rings is 2. The summed E-state index contributed by atoms with van der Waals surface area (Å²) in [6.45, 7) is 10.9. The molecule has 14 nitrogen and oxygen atoms in total. The van der Waals surface area contributed by atoms with Gasteiger partial charge in [0.1, 0.15) is 35.6 Å². The first-order chi connectivity index (χ1) is 27.8. The van der Waals surface area contributed by atoms with Gasteiger partial charge in [-0.15, -0.1) is 0 Å². The Morgan fingerprint density at radius 3 is 2.57 bits per heavy atom. The molecule has 1 unspecified atom stereocenters. The molecule has 6 atom stereocenters. The van der Waals surface area contributed by atoms with Gasteiger partial charge in [0.15, 0.2) is 0 Å². The van der Waals surface area contributed by atoms with Crippen LogP contribution in [0.3, 0.4) is 0 Å². The molecule has 1 aliphatic carbocycles. The van der Waals surface area contributed by atoms with Crippen LogP contribution in [0, 0.1) is 17.8 Å². The second kappa shape index (κ2) is 14.3. The van der Waals surface area contributed by atoms with Gasteiger partial charge in [0.2, 0.25) is 5.91 Å².